The van der Waals surface area contributed by atoms with Gasteiger partial charge in [0.1, 0.15) is 76.3 Å². The van der Waals surface area contributed by atoms with Crippen LogP contribution in [0.1, 0.15) is 228 Å². The Bertz CT molecular complexity index is 3590. The standard InChI is InChI=1S/C82H140N16O24/c1-22-23-27-48(4)117-61(102)31-30-60(101)91-54(34-40-85-74(113)119-79(10,11)12)67(106)98-63(50(6)100)72(111)94-55(35-41-86-75(114)120-80(13,14)15)65(104)90-52-32-38-83-71(110)62(49(5)99)97-68(107)57(37-43-88-77(116)122-82(19,20)21)92-66(105)56(36-42-87-76(115)121-81(16,17)18)93-69(108)58(44-47(2)3)95-70(109)59(45-51-28-25-24-26-29-51)96-64(103)53(89-46-52)33-39-84-73(112)118-78(7,8)9/h24-26,28-29,47-50,52-59,62-63,89,99-100H,22-23,27,30-46H2,1-21H3,(H,83,110)(H,84,112)(H,85,113)(H,86,114)(H,87,115)(H,88,116)(H,90,104)(H,91,101)(H,92,105)(H,93,108)(H,94,111)(H,95,109)(H,96,103)(H,97,107)(H,98,106)/t48?,49?,50?,52-,53-,54-,55-,56-,57-,58-,59+,62-,63-/m0/s1. The number of hydrogen-bond donors (Lipinski definition) is 18. The smallest absolute Gasteiger partial charge is 0.407 e. The third kappa shape index (κ3) is 47.7. The van der Waals surface area contributed by atoms with E-state index in [0.717, 1.165) is 26.7 Å². The Hall–Kier alpha value is -10.4. The van der Waals surface area contributed by atoms with Crippen molar-refractivity contribution >= 4 is 95.5 Å². The van der Waals surface area contributed by atoms with E-state index in [9.17, 15) is 72.5 Å². The van der Waals surface area contributed by atoms with E-state index in [1.54, 1.807) is 155 Å². The molecule has 1 heterocycles. The molecular formula is C82H140N16O24. The zero-order valence-corrected chi connectivity index (χ0v) is 75.0. The summed E-state index contributed by atoms with van der Waals surface area (Å²) < 4.78 is 32.5. The van der Waals surface area contributed by atoms with E-state index in [2.05, 4.69) is 85.1 Å². The van der Waals surface area contributed by atoms with Crippen molar-refractivity contribution in [3.05, 3.63) is 35.9 Å². The molecule has 1 aromatic carbocycles. The maximum atomic E-state index is 15.3. The second-order valence-electron chi connectivity index (χ2n) is 35.5. The Balaban J connectivity index is 3.07. The first kappa shape index (κ1) is 108. The molecule has 2 rings (SSSR count). The van der Waals surface area contributed by atoms with Gasteiger partial charge >= 0.3 is 36.4 Å². The van der Waals surface area contributed by atoms with Crippen LogP contribution in [-0.2, 0) is 87.6 Å². The number of hydrogen-bond acceptors (Lipinski definition) is 25. The molecule has 0 spiro atoms. The van der Waals surface area contributed by atoms with Crippen LogP contribution in [-0.4, -0.2) is 258 Å². The number of aliphatic hydroxyl groups excluding tert-OH is 2. The molecule has 0 radical (unpaired) electrons. The maximum Gasteiger partial charge on any atom is 0.407 e. The number of alkyl carbamates (subject to hydrolysis) is 5. The second-order valence-corrected chi connectivity index (χ2v) is 35.5. The lowest BCUT2D eigenvalue weighted by atomic mass is 10.00. The monoisotopic (exact) mass is 1730 g/mol. The summed E-state index contributed by atoms with van der Waals surface area (Å²) in [5.74, 6) is -11.2. The zero-order chi connectivity index (χ0) is 92.6. The predicted octanol–water partition coefficient (Wildman–Crippen LogP) is 2.35. The molecule has 1 saturated heterocycles. The Kier molecular flexibility index (Phi) is 46.1. The molecule has 40 nitrogen and oxygen atoms in total. The van der Waals surface area contributed by atoms with Crippen molar-refractivity contribution in [2.24, 2.45) is 5.92 Å². The minimum absolute atomic E-state index is 0.0880. The Morgan fingerprint density at radius 2 is 0.877 bits per heavy atom. The van der Waals surface area contributed by atoms with Crippen molar-refractivity contribution in [2.75, 3.05) is 45.8 Å². The van der Waals surface area contributed by atoms with Gasteiger partial charge in [0.2, 0.25) is 59.1 Å². The fourth-order valence-electron chi connectivity index (χ4n) is 11.6. The minimum Gasteiger partial charge on any atom is -0.463 e. The number of amides is 15. The van der Waals surface area contributed by atoms with Gasteiger partial charge in [-0.1, -0.05) is 63.9 Å². The van der Waals surface area contributed by atoms with Gasteiger partial charge in [-0.25, -0.2) is 24.0 Å². The molecule has 1 aromatic rings. The Labute approximate surface area is 716 Å². The second kappa shape index (κ2) is 52.2. The largest absolute Gasteiger partial charge is 0.463 e. The molecule has 1 aliphatic rings. The number of carbonyl (C=O) groups is 16. The van der Waals surface area contributed by atoms with Gasteiger partial charge in [-0.3, -0.25) is 52.7 Å². The van der Waals surface area contributed by atoms with Crippen molar-refractivity contribution in [2.45, 2.75) is 336 Å². The van der Waals surface area contributed by atoms with Crippen LogP contribution in [0.5, 0.6) is 0 Å². The number of esters is 1. The third-order valence-corrected chi connectivity index (χ3v) is 17.4. The molecule has 15 amide bonds. The van der Waals surface area contributed by atoms with Crippen LogP contribution in [0.4, 0.5) is 24.0 Å². The lowest BCUT2D eigenvalue weighted by Crippen LogP contribution is -2.61. The van der Waals surface area contributed by atoms with Crippen LogP contribution in [0.3, 0.4) is 0 Å². The average Bonchev–Trinajstić information content (AvgIpc) is 1.09. The Morgan fingerprint density at radius 1 is 0.467 bits per heavy atom. The lowest BCUT2D eigenvalue weighted by Gasteiger charge is -2.29. The van der Waals surface area contributed by atoms with Crippen molar-refractivity contribution in [3.63, 3.8) is 0 Å². The van der Waals surface area contributed by atoms with Gasteiger partial charge in [0.15, 0.2) is 0 Å². The van der Waals surface area contributed by atoms with Gasteiger partial charge in [-0.2, -0.15) is 0 Å². The summed E-state index contributed by atoms with van der Waals surface area (Å²) in [4.78, 5) is 225. The lowest BCUT2D eigenvalue weighted by molar-refractivity contribution is -0.149. The van der Waals surface area contributed by atoms with E-state index < -0.39 is 241 Å². The van der Waals surface area contributed by atoms with E-state index in [0.29, 0.717) is 12.0 Å². The van der Waals surface area contributed by atoms with E-state index in [-0.39, 0.29) is 77.0 Å². The first-order valence-corrected chi connectivity index (χ1v) is 41.7. The highest BCUT2D eigenvalue weighted by atomic mass is 16.6. The Morgan fingerprint density at radius 3 is 1.32 bits per heavy atom. The summed E-state index contributed by atoms with van der Waals surface area (Å²) in [5.41, 5.74) is -4.37. The van der Waals surface area contributed by atoms with Crippen LogP contribution in [0.25, 0.3) is 0 Å². The van der Waals surface area contributed by atoms with Crippen molar-refractivity contribution < 1.29 is 115 Å². The van der Waals surface area contributed by atoms with E-state index in [1.165, 1.54) is 0 Å². The SMILES string of the molecule is CCCCC(C)OC(=O)CCC(=O)N[C@@H](CCNC(=O)OC(C)(C)C)C(=O)N[C@H](C(=O)N[C@@H](CCNC(=O)OC(C)(C)C)C(=O)N[C@H]1CCNC(=O)[C@H](C(C)O)NC(=O)[C@H](CCNC(=O)OC(C)(C)C)NC(=O)[C@H](CCNC(=O)OC(C)(C)C)NC(=O)[C@H](CC(C)C)NC(=O)[C@@H](Cc2ccccc2)NC(=O)[C@H](CCNC(=O)OC(C)(C)C)NC1)C(C)O. The van der Waals surface area contributed by atoms with Gasteiger partial charge in [0.25, 0.3) is 0 Å². The van der Waals surface area contributed by atoms with Crippen LogP contribution >= 0.6 is 0 Å². The fraction of sp³-hybridized carbons (Fsp3) is 0.732. The highest BCUT2D eigenvalue weighted by Gasteiger charge is 2.39. The van der Waals surface area contributed by atoms with Gasteiger partial charge in [0.05, 0.1) is 30.8 Å². The number of rotatable bonds is 35. The molecule has 0 bridgehead atoms. The van der Waals surface area contributed by atoms with Gasteiger partial charge in [-0.05, 0) is 187 Å². The third-order valence-electron chi connectivity index (χ3n) is 17.4. The molecule has 0 aromatic heterocycles. The van der Waals surface area contributed by atoms with E-state index in [1.807, 2.05) is 6.92 Å². The summed E-state index contributed by atoms with van der Waals surface area (Å²) in [6.45, 7) is 30.9. The van der Waals surface area contributed by atoms with Crippen LogP contribution in [0.2, 0.25) is 0 Å². The van der Waals surface area contributed by atoms with Crippen molar-refractivity contribution in [1.29, 1.82) is 0 Å². The molecule has 13 atom stereocenters. The van der Waals surface area contributed by atoms with Crippen LogP contribution < -0.4 is 85.1 Å². The summed E-state index contributed by atoms with van der Waals surface area (Å²) in [7, 11) is 0. The number of unbranched alkanes of at least 4 members (excludes halogenated alkanes) is 1. The summed E-state index contributed by atoms with van der Waals surface area (Å²) in [6.07, 6.45) is -9.68. The molecule has 1 fully saturated rings. The topological polar surface area (TPSA) is 561 Å². The molecule has 0 aliphatic carbocycles. The molecule has 1 aliphatic heterocycles. The van der Waals surface area contributed by atoms with Gasteiger partial charge in [0, 0.05) is 64.7 Å². The average molecular weight is 1730 g/mol. The molecule has 0 saturated carbocycles. The fourth-order valence-corrected chi connectivity index (χ4v) is 11.6. The van der Waals surface area contributed by atoms with Crippen molar-refractivity contribution in [3.8, 4) is 0 Å². The summed E-state index contributed by atoms with van der Waals surface area (Å²) in [6, 6.07) is -7.84. The normalized spacial score (nSPS) is 19.8. The van der Waals surface area contributed by atoms with Gasteiger partial charge in [-0.15, -0.1) is 0 Å². The molecule has 3 unspecified atom stereocenters. The molecule has 692 valence electrons. The first-order chi connectivity index (χ1) is 56.5. The maximum absolute atomic E-state index is 15.3. The number of ether oxygens (including phenoxy) is 6. The van der Waals surface area contributed by atoms with Crippen LogP contribution in [0.15, 0.2) is 30.3 Å². The number of benzene rings is 1. The highest BCUT2D eigenvalue weighted by Crippen LogP contribution is 2.17. The van der Waals surface area contributed by atoms with Crippen LogP contribution in [0, 0.1) is 5.92 Å². The molecular weight excluding hydrogens is 1590 g/mol. The quantitative estimate of drug-likeness (QED) is 0.0342. The number of carbonyl (C=O) groups excluding carboxylic acids is 16. The first-order valence-electron chi connectivity index (χ1n) is 41.7. The van der Waals surface area contributed by atoms with Crippen molar-refractivity contribution in [1.82, 2.24) is 85.1 Å². The van der Waals surface area contributed by atoms with E-state index >= 15 is 14.4 Å². The number of nitrogens with one attached hydrogen (secondary N) is 16. The highest BCUT2D eigenvalue weighted by molar-refractivity contribution is 5.98. The molecule has 122 heavy (non-hydrogen) atoms. The minimum atomic E-state index is -1.95. The zero-order valence-electron chi connectivity index (χ0n) is 75.0. The van der Waals surface area contributed by atoms with Gasteiger partial charge < -0.3 is 124 Å². The summed E-state index contributed by atoms with van der Waals surface area (Å²) >= 11 is 0. The van der Waals surface area contributed by atoms with E-state index in [4.69, 9.17) is 28.4 Å². The molecule has 18 N–H and O–H groups in total. The number of aliphatic hydroxyl groups is 2. The predicted molar refractivity (Wildman–Crippen MR) is 448 cm³/mol. The molecule has 40 heteroatoms. The summed E-state index contributed by atoms with van der Waals surface area (Å²) in [5, 5.41) is 64.5.